The Morgan fingerprint density at radius 3 is 2.88 bits per heavy atom. The van der Waals surface area contributed by atoms with Gasteiger partial charge in [0.25, 0.3) is 0 Å². The summed E-state index contributed by atoms with van der Waals surface area (Å²) in [6, 6.07) is 0.0396. The third-order valence-corrected chi connectivity index (χ3v) is 3.20. The molecule has 0 radical (unpaired) electrons. The molecule has 90 valence electrons. The van der Waals surface area contributed by atoms with Crippen LogP contribution in [0.1, 0.15) is 31.4 Å². The van der Waals surface area contributed by atoms with E-state index in [2.05, 4.69) is 17.4 Å². The van der Waals surface area contributed by atoms with Gasteiger partial charge in [-0.25, -0.2) is 0 Å². The predicted octanol–water partition coefficient (Wildman–Crippen LogP) is 0.832. The van der Waals surface area contributed by atoms with Crippen LogP contribution in [0.4, 0.5) is 0 Å². The Hall–Kier alpha value is -0.910. The van der Waals surface area contributed by atoms with E-state index in [0.29, 0.717) is 5.92 Å². The first-order valence-corrected chi connectivity index (χ1v) is 5.81. The number of rotatable bonds is 6. The van der Waals surface area contributed by atoms with E-state index in [1.165, 1.54) is 12.8 Å². The number of hydrogen-bond donors (Lipinski definition) is 2. The van der Waals surface area contributed by atoms with Crippen LogP contribution in [0.2, 0.25) is 0 Å². The molecule has 1 heterocycles. The van der Waals surface area contributed by atoms with E-state index in [0.717, 1.165) is 12.1 Å². The number of methoxy groups -OCH3 is 1. The number of nitrogens with one attached hydrogen (secondary N) is 1. The maximum Gasteiger partial charge on any atom is 0.0808 e. The lowest BCUT2D eigenvalue weighted by Crippen LogP contribution is -2.38. The van der Waals surface area contributed by atoms with E-state index in [1.54, 1.807) is 7.11 Å². The van der Waals surface area contributed by atoms with E-state index >= 15 is 0 Å². The number of nitrogens with zero attached hydrogens (tertiary/aromatic N) is 2. The summed E-state index contributed by atoms with van der Waals surface area (Å²) in [6.45, 7) is 2.94. The summed E-state index contributed by atoms with van der Waals surface area (Å²) in [4.78, 5) is 0. The number of ether oxygens (including phenoxy) is 1. The zero-order valence-corrected chi connectivity index (χ0v) is 9.89. The van der Waals surface area contributed by atoms with Gasteiger partial charge in [0.2, 0.25) is 0 Å². The van der Waals surface area contributed by atoms with E-state index < -0.39 is 0 Å². The minimum absolute atomic E-state index is 0.0396. The van der Waals surface area contributed by atoms with Gasteiger partial charge >= 0.3 is 0 Å². The standard InChI is InChI=1S/C11H20N4O/c1-3-15-7-9(6-13-15)10(14-12)11(16-2)8-4-5-8/h6-8,10-11,14H,3-5,12H2,1-2H3. The van der Waals surface area contributed by atoms with Crippen molar-refractivity contribution in [2.75, 3.05) is 7.11 Å². The summed E-state index contributed by atoms with van der Waals surface area (Å²) >= 11 is 0. The van der Waals surface area contributed by atoms with Gasteiger partial charge in [0.05, 0.1) is 18.3 Å². The van der Waals surface area contributed by atoms with Crippen LogP contribution in [0.5, 0.6) is 0 Å². The van der Waals surface area contributed by atoms with Gasteiger partial charge in [-0.1, -0.05) is 0 Å². The molecule has 1 aromatic heterocycles. The second-order valence-electron chi connectivity index (χ2n) is 4.31. The minimum atomic E-state index is 0.0396. The Morgan fingerprint density at radius 2 is 2.44 bits per heavy atom. The van der Waals surface area contributed by atoms with Crippen molar-refractivity contribution in [1.82, 2.24) is 15.2 Å². The van der Waals surface area contributed by atoms with Crippen molar-refractivity contribution in [2.45, 2.75) is 38.5 Å². The Bertz CT molecular complexity index is 334. The molecule has 1 aliphatic rings. The van der Waals surface area contributed by atoms with Crippen LogP contribution >= 0.6 is 0 Å². The molecule has 0 aliphatic heterocycles. The van der Waals surface area contributed by atoms with Crippen LogP contribution in [-0.4, -0.2) is 23.0 Å². The van der Waals surface area contributed by atoms with Crippen molar-refractivity contribution in [1.29, 1.82) is 0 Å². The maximum atomic E-state index is 5.63. The summed E-state index contributed by atoms with van der Waals surface area (Å²) in [5, 5.41) is 4.27. The van der Waals surface area contributed by atoms with E-state index in [4.69, 9.17) is 10.6 Å². The van der Waals surface area contributed by atoms with Crippen LogP contribution in [0, 0.1) is 5.92 Å². The Balaban J connectivity index is 2.13. The maximum absolute atomic E-state index is 5.63. The molecular weight excluding hydrogens is 204 g/mol. The molecule has 0 bridgehead atoms. The molecule has 2 atom stereocenters. The van der Waals surface area contributed by atoms with E-state index in [9.17, 15) is 0 Å². The molecule has 2 unspecified atom stereocenters. The summed E-state index contributed by atoms with van der Waals surface area (Å²) in [6.07, 6.45) is 6.51. The van der Waals surface area contributed by atoms with Crippen LogP contribution in [0.25, 0.3) is 0 Å². The second-order valence-corrected chi connectivity index (χ2v) is 4.31. The van der Waals surface area contributed by atoms with Gasteiger partial charge in [0, 0.05) is 25.4 Å². The van der Waals surface area contributed by atoms with Gasteiger partial charge in [0.15, 0.2) is 0 Å². The SMILES string of the molecule is CCn1cc(C(NN)C(OC)C2CC2)cn1. The fourth-order valence-corrected chi connectivity index (χ4v) is 2.12. The van der Waals surface area contributed by atoms with Gasteiger partial charge in [-0.2, -0.15) is 5.10 Å². The molecule has 5 nitrogen and oxygen atoms in total. The largest absolute Gasteiger partial charge is 0.379 e. The number of aromatic nitrogens is 2. The molecule has 16 heavy (non-hydrogen) atoms. The van der Waals surface area contributed by atoms with Crippen molar-refractivity contribution in [3.8, 4) is 0 Å². The van der Waals surface area contributed by atoms with Crippen LogP contribution in [-0.2, 0) is 11.3 Å². The number of hydrazine groups is 1. The quantitative estimate of drug-likeness (QED) is 0.555. The minimum Gasteiger partial charge on any atom is -0.379 e. The van der Waals surface area contributed by atoms with Gasteiger partial charge in [-0.05, 0) is 25.7 Å². The van der Waals surface area contributed by atoms with Gasteiger partial charge in [-0.3, -0.25) is 16.0 Å². The third-order valence-electron chi connectivity index (χ3n) is 3.20. The molecule has 0 amide bonds. The monoisotopic (exact) mass is 224 g/mol. The number of hydrogen-bond acceptors (Lipinski definition) is 4. The molecule has 1 aliphatic carbocycles. The summed E-state index contributed by atoms with van der Waals surface area (Å²) in [7, 11) is 1.75. The first kappa shape index (κ1) is 11.6. The van der Waals surface area contributed by atoms with Gasteiger partial charge < -0.3 is 4.74 Å². The third kappa shape index (κ3) is 2.26. The Kier molecular flexibility index (Phi) is 3.58. The fourth-order valence-electron chi connectivity index (χ4n) is 2.12. The lowest BCUT2D eigenvalue weighted by Gasteiger charge is -2.24. The average Bonchev–Trinajstić information content (AvgIpc) is 3.03. The lowest BCUT2D eigenvalue weighted by atomic mass is 10.0. The van der Waals surface area contributed by atoms with Crippen molar-refractivity contribution >= 4 is 0 Å². The molecule has 0 aromatic carbocycles. The van der Waals surface area contributed by atoms with Crippen LogP contribution in [0.15, 0.2) is 12.4 Å². The second kappa shape index (κ2) is 4.95. The van der Waals surface area contributed by atoms with Crippen molar-refractivity contribution in [3.63, 3.8) is 0 Å². The number of nitrogens with two attached hydrogens (primary N) is 1. The average molecular weight is 224 g/mol. The normalized spacial score (nSPS) is 19.7. The zero-order chi connectivity index (χ0) is 11.5. The molecule has 1 aromatic rings. The molecule has 3 N–H and O–H groups in total. The molecule has 2 rings (SSSR count). The van der Waals surface area contributed by atoms with Gasteiger partial charge in [0.1, 0.15) is 0 Å². The summed E-state index contributed by atoms with van der Waals surface area (Å²) < 4.78 is 7.45. The Labute approximate surface area is 95.9 Å². The van der Waals surface area contributed by atoms with Crippen molar-refractivity contribution in [3.05, 3.63) is 18.0 Å². The highest BCUT2D eigenvalue weighted by molar-refractivity contribution is 5.13. The predicted molar refractivity (Wildman–Crippen MR) is 61.5 cm³/mol. The highest BCUT2D eigenvalue weighted by Gasteiger charge is 2.37. The van der Waals surface area contributed by atoms with Crippen LogP contribution in [0.3, 0.4) is 0 Å². The molecule has 0 spiro atoms. The lowest BCUT2D eigenvalue weighted by molar-refractivity contribution is 0.0506. The molecular formula is C11H20N4O. The van der Waals surface area contributed by atoms with Crippen molar-refractivity contribution < 1.29 is 4.74 Å². The zero-order valence-electron chi connectivity index (χ0n) is 9.89. The van der Waals surface area contributed by atoms with Gasteiger partial charge in [-0.15, -0.1) is 0 Å². The Morgan fingerprint density at radius 1 is 1.69 bits per heavy atom. The fraction of sp³-hybridized carbons (Fsp3) is 0.727. The van der Waals surface area contributed by atoms with E-state index in [1.807, 2.05) is 17.1 Å². The highest BCUT2D eigenvalue weighted by atomic mass is 16.5. The van der Waals surface area contributed by atoms with Crippen molar-refractivity contribution in [2.24, 2.45) is 11.8 Å². The van der Waals surface area contributed by atoms with Crippen LogP contribution < -0.4 is 11.3 Å². The topological polar surface area (TPSA) is 65.1 Å². The molecule has 5 heteroatoms. The highest BCUT2D eigenvalue weighted by Crippen LogP contribution is 2.39. The summed E-state index contributed by atoms with van der Waals surface area (Å²) in [5.41, 5.74) is 3.95. The van der Waals surface area contributed by atoms with E-state index in [-0.39, 0.29) is 12.1 Å². The molecule has 1 fully saturated rings. The molecule has 0 saturated heterocycles. The summed E-state index contributed by atoms with van der Waals surface area (Å²) in [5.74, 6) is 6.27. The number of aryl methyl sites for hydroxylation is 1. The molecule has 1 saturated carbocycles. The first-order chi connectivity index (χ1) is 7.80. The first-order valence-electron chi connectivity index (χ1n) is 5.81. The smallest absolute Gasteiger partial charge is 0.0808 e.